The highest BCUT2D eigenvalue weighted by molar-refractivity contribution is 5.91. The van der Waals surface area contributed by atoms with Gasteiger partial charge in [-0.1, -0.05) is 59.3 Å². The predicted octanol–water partition coefficient (Wildman–Crippen LogP) is 4.40. The van der Waals surface area contributed by atoms with E-state index in [9.17, 15) is 9.59 Å². The minimum absolute atomic E-state index is 0.0701. The lowest BCUT2D eigenvalue weighted by Gasteiger charge is -2.15. The summed E-state index contributed by atoms with van der Waals surface area (Å²) in [4.78, 5) is 23.1. The molecule has 0 rings (SSSR count). The van der Waals surface area contributed by atoms with E-state index in [0.717, 1.165) is 38.5 Å². The van der Waals surface area contributed by atoms with Crippen molar-refractivity contribution in [2.45, 2.75) is 91.1 Å². The molecule has 0 fully saturated rings. The second-order valence-corrected chi connectivity index (χ2v) is 5.47. The van der Waals surface area contributed by atoms with Gasteiger partial charge in [-0.15, -0.1) is 0 Å². The molecule has 0 saturated carbocycles. The van der Waals surface area contributed by atoms with E-state index >= 15 is 0 Å². The maximum Gasteiger partial charge on any atom is 0.317 e. The summed E-state index contributed by atoms with van der Waals surface area (Å²) in [5.74, 6) is -0.935. The van der Waals surface area contributed by atoms with Crippen molar-refractivity contribution in [1.82, 2.24) is 0 Å². The van der Waals surface area contributed by atoms with Crippen molar-refractivity contribution in [3.63, 3.8) is 0 Å². The molecule has 4 nitrogen and oxygen atoms in total. The fraction of sp³-hybridized carbons (Fsp3) is 0.882. The van der Waals surface area contributed by atoms with Gasteiger partial charge in [0.15, 0.2) is 0 Å². The number of rotatable bonds is 13. The summed E-state index contributed by atoms with van der Waals surface area (Å²) in [6, 6.07) is 0. The van der Waals surface area contributed by atoms with E-state index in [1.807, 2.05) is 6.92 Å². The molecule has 0 heterocycles. The molecule has 4 heteroatoms. The molecular formula is C17H32O4. The van der Waals surface area contributed by atoms with Crippen molar-refractivity contribution in [2.24, 2.45) is 0 Å². The zero-order valence-corrected chi connectivity index (χ0v) is 14.0. The Morgan fingerprint density at radius 1 is 0.857 bits per heavy atom. The van der Waals surface area contributed by atoms with Crippen LogP contribution in [0.1, 0.15) is 85.0 Å². The van der Waals surface area contributed by atoms with Gasteiger partial charge in [0.1, 0.15) is 12.5 Å². The van der Waals surface area contributed by atoms with Crippen LogP contribution in [0.3, 0.4) is 0 Å². The highest BCUT2D eigenvalue weighted by atomic mass is 16.6. The molecule has 0 aromatic carbocycles. The molecule has 21 heavy (non-hydrogen) atoms. The van der Waals surface area contributed by atoms with Crippen molar-refractivity contribution in [3.05, 3.63) is 0 Å². The van der Waals surface area contributed by atoms with E-state index in [2.05, 4.69) is 13.8 Å². The fourth-order valence-corrected chi connectivity index (χ4v) is 2.07. The first-order valence-electron chi connectivity index (χ1n) is 8.49. The number of esters is 2. The van der Waals surface area contributed by atoms with Crippen LogP contribution < -0.4 is 0 Å². The molecule has 124 valence electrons. The second kappa shape index (κ2) is 13.9. The minimum Gasteiger partial charge on any atom is -0.465 e. The largest absolute Gasteiger partial charge is 0.465 e. The third kappa shape index (κ3) is 12.4. The smallest absolute Gasteiger partial charge is 0.317 e. The summed E-state index contributed by atoms with van der Waals surface area (Å²) >= 11 is 0. The van der Waals surface area contributed by atoms with Gasteiger partial charge in [-0.25, -0.2) is 0 Å². The predicted molar refractivity (Wildman–Crippen MR) is 84.0 cm³/mol. The monoisotopic (exact) mass is 300 g/mol. The SMILES string of the molecule is CCCCCCCOC(=O)CC(=O)OC(CC)CCCC. The van der Waals surface area contributed by atoms with Crippen LogP contribution in [0, 0.1) is 0 Å². The number of ether oxygens (including phenoxy) is 2. The topological polar surface area (TPSA) is 52.6 Å². The molecule has 0 amide bonds. The quantitative estimate of drug-likeness (QED) is 0.287. The van der Waals surface area contributed by atoms with Gasteiger partial charge < -0.3 is 9.47 Å². The lowest BCUT2D eigenvalue weighted by molar-refractivity contribution is -0.158. The van der Waals surface area contributed by atoms with Gasteiger partial charge >= 0.3 is 11.9 Å². The standard InChI is InChI=1S/C17H32O4/c1-4-7-9-10-11-13-20-16(18)14-17(19)21-15(6-3)12-8-5-2/h15H,4-14H2,1-3H3. The van der Waals surface area contributed by atoms with Crippen LogP contribution in [-0.2, 0) is 19.1 Å². The van der Waals surface area contributed by atoms with E-state index in [1.54, 1.807) is 0 Å². The molecule has 0 aliphatic rings. The van der Waals surface area contributed by atoms with E-state index in [1.165, 1.54) is 19.3 Å². The molecule has 1 atom stereocenters. The highest BCUT2D eigenvalue weighted by Crippen LogP contribution is 2.10. The Labute approximate surface area is 129 Å². The van der Waals surface area contributed by atoms with E-state index in [4.69, 9.17) is 9.47 Å². The highest BCUT2D eigenvalue weighted by Gasteiger charge is 2.16. The van der Waals surface area contributed by atoms with Gasteiger partial charge in [0, 0.05) is 0 Å². The summed E-state index contributed by atoms with van der Waals surface area (Å²) in [5, 5.41) is 0. The van der Waals surface area contributed by atoms with Crippen LogP contribution in [-0.4, -0.2) is 24.6 Å². The molecule has 0 radical (unpaired) electrons. The van der Waals surface area contributed by atoms with Gasteiger partial charge in [-0.3, -0.25) is 9.59 Å². The number of hydrogen-bond acceptors (Lipinski definition) is 4. The molecule has 0 aromatic rings. The maximum absolute atomic E-state index is 11.6. The van der Waals surface area contributed by atoms with Gasteiger partial charge in [-0.2, -0.15) is 0 Å². The van der Waals surface area contributed by atoms with Crippen LogP contribution in [0.4, 0.5) is 0 Å². The van der Waals surface area contributed by atoms with Crippen molar-refractivity contribution < 1.29 is 19.1 Å². The Morgan fingerprint density at radius 2 is 1.52 bits per heavy atom. The third-order valence-corrected chi connectivity index (χ3v) is 3.43. The van der Waals surface area contributed by atoms with Crippen LogP contribution in [0.2, 0.25) is 0 Å². The van der Waals surface area contributed by atoms with Gasteiger partial charge in [-0.05, 0) is 19.3 Å². The van der Waals surface area contributed by atoms with Crippen LogP contribution in [0.25, 0.3) is 0 Å². The lowest BCUT2D eigenvalue weighted by atomic mass is 10.1. The summed E-state index contributed by atoms with van der Waals surface area (Å²) in [6.07, 6.45) is 8.96. The van der Waals surface area contributed by atoms with Crippen molar-refractivity contribution in [2.75, 3.05) is 6.61 Å². The average molecular weight is 300 g/mol. The van der Waals surface area contributed by atoms with E-state index in [0.29, 0.717) is 6.61 Å². The summed E-state index contributed by atoms with van der Waals surface area (Å²) in [5.41, 5.74) is 0. The first-order chi connectivity index (χ1) is 10.1. The molecule has 0 spiro atoms. The van der Waals surface area contributed by atoms with Crippen molar-refractivity contribution in [3.8, 4) is 0 Å². The Hall–Kier alpha value is -1.06. The van der Waals surface area contributed by atoms with Crippen molar-refractivity contribution in [1.29, 1.82) is 0 Å². The molecule has 0 N–H and O–H groups in total. The molecule has 0 aliphatic heterocycles. The second-order valence-electron chi connectivity index (χ2n) is 5.47. The third-order valence-electron chi connectivity index (χ3n) is 3.43. The molecule has 0 aliphatic carbocycles. The van der Waals surface area contributed by atoms with E-state index < -0.39 is 11.9 Å². The summed E-state index contributed by atoms with van der Waals surface area (Å²) in [6.45, 7) is 6.66. The zero-order valence-electron chi connectivity index (χ0n) is 14.0. The summed E-state index contributed by atoms with van der Waals surface area (Å²) < 4.78 is 10.3. The molecular weight excluding hydrogens is 268 g/mol. The minimum atomic E-state index is -0.471. The normalized spacial score (nSPS) is 12.0. The Kier molecular flexibility index (Phi) is 13.2. The van der Waals surface area contributed by atoms with Crippen LogP contribution >= 0.6 is 0 Å². The Bertz CT molecular complexity index is 276. The number of hydrogen-bond donors (Lipinski definition) is 0. The van der Waals surface area contributed by atoms with Crippen molar-refractivity contribution >= 4 is 11.9 Å². The molecule has 0 bridgehead atoms. The Morgan fingerprint density at radius 3 is 2.14 bits per heavy atom. The van der Waals surface area contributed by atoms with Gasteiger partial charge in [0.05, 0.1) is 6.61 Å². The maximum atomic E-state index is 11.6. The molecule has 0 saturated heterocycles. The van der Waals surface area contributed by atoms with Crippen LogP contribution in [0.15, 0.2) is 0 Å². The first kappa shape index (κ1) is 19.9. The number of carbonyl (C=O) groups is 2. The zero-order chi connectivity index (χ0) is 15.9. The van der Waals surface area contributed by atoms with Gasteiger partial charge in [0.2, 0.25) is 0 Å². The number of carbonyl (C=O) groups excluding carboxylic acids is 2. The lowest BCUT2D eigenvalue weighted by Crippen LogP contribution is -2.21. The molecule has 1 unspecified atom stereocenters. The first-order valence-corrected chi connectivity index (χ1v) is 8.49. The van der Waals surface area contributed by atoms with Gasteiger partial charge in [0.25, 0.3) is 0 Å². The van der Waals surface area contributed by atoms with Crippen LogP contribution in [0.5, 0.6) is 0 Å². The summed E-state index contributed by atoms with van der Waals surface area (Å²) in [7, 11) is 0. The molecule has 0 aromatic heterocycles. The average Bonchev–Trinajstić information content (AvgIpc) is 2.46. The Balaban J connectivity index is 3.70. The fourth-order valence-electron chi connectivity index (χ4n) is 2.07. The van der Waals surface area contributed by atoms with E-state index in [-0.39, 0.29) is 12.5 Å². The number of unbranched alkanes of at least 4 members (excludes halogenated alkanes) is 5.